The van der Waals surface area contributed by atoms with Gasteiger partial charge >= 0.3 is 5.97 Å². The Kier molecular flexibility index (Phi) is 9.66. The fourth-order valence-corrected chi connectivity index (χ4v) is 2.22. The third kappa shape index (κ3) is 8.57. The highest BCUT2D eigenvalue weighted by Crippen LogP contribution is 2.13. The summed E-state index contributed by atoms with van der Waals surface area (Å²) in [6, 6.07) is 16.7. The number of anilines is 1. The molecule has 25 heavy (non-hydrogen) atoms. The van der Waals surface area contributed by atoms with E-state index in [1.54, 1.807) is 0 Å². The van der Waals surface area contributed by atoms with Gasteiger partial charge in [0.15, 0.2) is 5.78 Å². The molecule has 0 heterocycles. The summed E-state index contributed by atoms with van der Waals surface area (Å²) in [5.74, 6) is -0.907. The van der Waals surface area contributed by atoms with Gasteiger partial charge < -0.3 is 10.4 Å². The lowest BCUT2D eigenvalue weighted by molar-refractivity contribution is -0.137. The van der Waals surface area contributed by atoms with E-state index in [1.807, 2.05) is 61.5 Å². The van der Waals surface area contributed by atoms with E-state index >= 15 is 0 Å². The van der Waals surface area contributed by atoms with E-state index in [2.05, 4.69) is 5.32 Å². The predicted octanol–water partition coefficient (Wildman–Crippen LogP) is 4.14. The quantitative estimate of drug-likeness (QED) is 0.707. The Morgan fingerprint density at radius 1 is 1.00 bits per heavy atom. The van der Waals surface area contributed by atoms with Gasteiger partial charge in [0.25, 0.3) is 0 Å². The molecule has 6 heteroatoms. The number of carboxylic acid groups (broad SMARTS) is 1. The molecule has 0 saturated heterocycles. The zero-order valence-corrected chi connectivity index (χ0v) is 15.4. The molecule has 134 valence electrons. The Hall–Kier alpha value is -2.04. The Bertz CT molecular complexity index is 654. The number of carboxylic acids is 1. The van der Waals surface area contributed by atoms with Crippen molar-refractivity contribution in [2.75, 3.05) is 17.1 Å². The SMILES string of the molecule is Cc1ccc(N[C@@H](Cc2ccccc2)C(=O)O)cc1.O=C(CCl)CCl. The van der Waals surface area contributed by atoms with Gasteiger partial charge in [-0.25, -0.2) is 4.79 Å². The summed E-state index contributed by atoms with van der Waals surface area (Å²) >= 11 is 10.0. The smallest absolute Gasteiger partial charge is 0.326 e. The highest BCUT2D eigenvalue weighted by Gasteiger charge is 2.17. The average molecular weight is 382 g/mol. The first-order valence-corrected chi connectivity index (χ1v) is 8.76. The van der Waals surface area contributed by atoms with Gasteiger partial charge in [-0.2, -0.15) is 0 Å². The number of carbonyl (C=O) groups is 2. The van der Waals surface area contributed by atoms with Crippen molar-refractivity contribution in [3.63, 3.8) is 0 Å². The molecule has 0 aromatic heterocycles. The van der Waals surface area contributed by atoms with Gasteiger partial charge in [-0.15, -0.1) is 23.2 Å². The molecule has 0 bridgehead atoms. The van der Waals surface area contributed by atoms with Crippen molar-refractivity contribution in [3.05, 3.63) is 65.7 Å². The van der Waals surface area contributed by atoms with Crippen molar-refractivity contribution in [1.29, 1.82) is 0 Å². The summed E-state index contributed by atoms with van der Waals surface area (Å²) in [4.78, 5) is 21.2. The van der Waals surface area contributed by atoms with Gasteiger partial charge in [-0.1, -0.05) is 48.0 Å². The minimum atomic E-state index is -0.843. The lowest BCUT2D eigenvalue weighted by Crippen LogP contribution is -2.31. The van der Waals surface area contributed by atoms with Crippen LogP contribution in [0.1, 0.15) is 11.1 Å². The maximum Gasteiger partial charge on any atom is 0.326 e. The molecule has 4 nitrogen and oxygen atoms in total. The first kappa shape index (κ1) is 21.0. The molecule has 0 saturated carbocycles. The van der Waals surface area contributed by atoms with Crippen molar-refractivity contribution in [3.8, 4) is 0 Å². The summed E-state index contributed by atoms with van der Waals surface area (Å²) in [5.41, 5.74) is 2.99. The summed E-state index contributed by atoms with van der Waals surface area (Å²) in [6.07, 6.45) is 0.462. The van der Waals surface area contributed by atoms with Gasteiger partial charge in [-0.05, 0) is 24.6 Å². The molecule has 0 aliphatic carbocycles. The highest BCUT2D eigenvalue weighted by molar-refractivity contribution is 6.35. The van der Waals surface area contributed by atoms with Crippen molar-refractivity contribution in [1.82, 2.24) is 0 Å². The zero-order valence-electron chi connectivity index (χ0n) is 13.9. The summed E-state index contributed by atoms with van der Waals surface area (Å²) in [7, 11) is 0. The second-order valence-corrected chi connectivity index (χ2v) is 5.93. The largest absolute Gasteiger partial charge is 0.480 e. The average Bonchev–Trinajstić information content (AvgIpc) is 2.63. The molecule has 0 unspecified atom stereocenters. The molecule has 0 fully saturated rings. The number of alkyl halides is 2. The van der Waals surface area contributed by atoms with Gasteiger partial charge in [0.2, 0.25) is 0 Å². The third-order valence-corrected chi connectivity index (χ3v) is 3.87. The first-order valence-electron chi connectivity index (χ1n) is 7.69. The van der Waals surface area contributed by atoms with Gasteiger partial charge in [0, 0.05) is 12.1 Å². The fourth-order valence-electron chi connectivity index (χ4n) is 1.94. The lowest BCUT2D eigenvalue weighted by atomic mass is 10.1. The van der Waals surface area contributed by atoms with Crippen molar-refractivity contribution in [2.24, 2.45) is 0 Å². The number of aliphatic carboxylic acids is 1. The molecule has 1 atom stereocenters. The topological polar surface area (TPSA) is 66.4 Å². The van der Waals surface area contributed by atoms with E-state index in [-0.39, 0.29) is 17.5 Å². The van der Waals surface area contributed by atoms with Crippen molar-refractivity contribution < 1.29 is 14.7 Å². The number of ketones is 1. The molecule has 2 rings (SSSR count). The van der Waals surface area contributed by atoms with Crippen LogP contribution in [-0.2, 0) is 16.0 Å². The van der Waals surface area contributed by atoms with E-state index in [1.165, 1.54) is 0 Å². The second-order valence-electron chi connectivity index (χ2n) is 5.40. The Morgan fingerprint density at radius 2 is 1.56 bits per heavy atom. The lowest BCUT2D eigenvalue weighted by Gasteiger charge is -2.16. The molecule has 2 N–H and O–H groups in total. The number of rotatable bonds is 7. The number of nitrogens with one attached hydrogen (secondary N) is 1. The molecule has 0 spiro atoms. The van der Waals surface area contributed by atoms with Crippen LogP contribution in [0, 0.1) is 6.92 Å². The van der Waals surface area contributed by atoms with E-state index < -0.39 is 12.0 Å². The molecule has 2 aromatic carbocycles. The van der Waals surface area contributed by atoms with Crippen LogP contribution in [0.25, 0.3) is 0 Å². The highest BCUT2D eigenvalue weighted by atomic mass is 35.5. The van der Waals surface area contributed by atoms with E-state index in [9.17, 15) is 14.7 Å². The number of benzene rings is 2. The summed E-state index contributed by atoms with van der Waals surface area (Å²) in [5, 5.41) is 12.3. The Morgan fingerprint density at radius 3 is 2.00 bits per heavy atom. The molecular formula is C19H21Cl2NO3. The van der Waals surface area contributed by atoms with Gasteiger partial charge in [0.1, 0.15) is 6.04 Å². The van der Waals surface area contributed by atoms with Crippen LogP contribution < -0.4 is 5.32 Å². The van der Waals surface area contributed by atoms with E-state index in [4.69, 9.17) is 23.2 Å². The standard InChI is InChI=1S/C16H17NO2.C3H4Cl2O/c1-12-7-9-14(10-8-12)17-15(16(18)19)11-13-5-3-2-4-6-13;4-1-3(6)2-5/h2-10,15,17H,11H2,1H3,(H,18,19);1-2H2/t15-;/m0./s1. The predicted molar refractivity (Wildman–Crippen MR) is 103 cm³/mol. The maximum atomic E-state index is 11.3. The molecule has 0 radical (unpaired) electrons. The van der Waals surface area contributed by atoms with E-state index in [0.29, 0.717) is 6.42 Å². The number of carbonyl (C=O) groups excluding carboxylic acids is 1. The molecule has 0 amide bonds. The fraction of sp³-hybridized carbons (Fsp3) is 0.263. The molecule has 2 aromatic rings. The van der Waals surface area contributed by atoms with Crippen LogP contribution in [0.5, 0.6) is 0 Å². The van der Waals surface area contributed by atoms with Crippen LogP contribution in [-0.4, -0.2) is 34.7 Å². The Labute approximate surface area is 157 Å². The maximum absolute atomic E-state index is 11.3. The minimum Gasteiger partial charge on any atom is -0.480 e. The van der Waals surface area contributed by atoms with Crippen molar-refractivity contribution in [2.45, 2.75) is 19.4 Å². The minimum absolute atomic E-state index is 0.0312. The summed E-state index contributed by atoms with van der Waals surface area (Å²) < 4.78 is 0. The van der Waals surface area contributed by atoms with Crippen LogP contribution in [0.2, 0.25) is 0 Å². The number of halogens is 2. The normalized spacial score (nSPS) is 11.0. The molecule has 0 aliphatic rings. The van der Waals surface area contributed by atoms with Crippen LogP contribution >= 0.6 is 23.2 Å². The number of Topliss-reactive ketones (excluding diaryl/α,β-unsaturated/α-hetero) is 1. The monoisotopic (exact) mass is 381 g/mol. The van der Waals surface area contributed by atoms with Gasteiger partial charge in [0.05, 0.1) is 11.8 Å². The van der Waals surface area contributed by atoms with E-state index in [0.717, 1.165) is 16.8 Å². The number of hydrogen-bond acceptors (Lipinski definition) is 3. The van der Waals surface area contributed by atoms with Gasteiger partial charge in [-0.3, -0.25) is 4.79 Å². The number of hydrogen-bond donors (Lipinski definition) is 2. The molecular weight excluding hydrogens is 361 g/mol. The first-order chi connectivity index (χ1) is 12.0. The van der Waals surface area contributed by atoms with Crippen LogP contribution in [0.3, 0.4) is 0 Å². The van der Waals surface area contributed by atoms with Crippen molar-refractivity contribution >= 4 is 40.6 Å². The summed E-state index contributed by atoms with van der Waals surface area (Å²) in [6.45, 7) is 2.00. The third-order valence-electron chi connectivity index (χ3n) is 3.27. The number of aryl methyl sites for hydroxylation is 1. The Balaban J connectivity index is 0.000000450. The zero-order chi connectivity index (χ0) is 18.7. The second kappa shape index (κ2) is 11.5. The molecule has 0 aliphatic heterocycles. The van der Waals surface area contributed by atoms with Crippen LogP contribution in [0.4, 0.5) is 5.69 Å². The van der Waals surface area contributed by atoms with Crippen LogP contribution in [0.15, 0.2) is 54.6 Å².